The monoisotopic (exact) mass is 184 g/mol. The first-order valence-electron chi connectivity index (χ1n) is 4.31. The molecule has 0 bridgehead atoms. The molecule has 1 aliphatic heterocycles. The van der Waals surface area contributed by atoms with Crippen LogP contribution >= 0.6 is 0 Å². The van der Waals surface area contributed by atoms with Crippen LogP contribution in [0.25, 0.3) is 0 Å². The predicted octanol–water partition coefficient (Wildman–Crippen LogP) is 1.08. The van der Waals surface area contributed by atoms with E-state index in [2.05, 4.69) is 0 Å². The molecule has 13 heavy (non-hydrogen) atoms. The molecule has 0 saturated carbocycles. The highest BCUT2D eigenvalue weighted by molar-refractivity contribution is 5.01. The zero-order chi connectivity index (χ0) is 9.10. The molecule has 0 spiro atoms. The first-order chi connectivity index (χ1) is 6.36. The van der Waals surface area contributed by atoms with E-state index in [0.717, 1.165) is 0 Å². The lowest BCUT2D eigenvalue weighted by Crippen LogP contribution is -2.12. The molecule has 4 nitrogen and oxygen atoms in total. The fraction of sp³-hybridized carbons (Fsp3) is 0.556. The standard InChI is InChI=1S/C9H12O4/c10-7(8-2-1-3-11-8)6-9-12-4-5-13-9/h1-3,7,9-10H,4-6H2. The second-order valence-electron chi connectivity index (χ2n) is 2.94. The maximum Gasteiger partial charge on any atom is 0.160 e. The van der Waals surface area contributed by atoms with Crippen LogP contribution in [0.2, 0.25) is 0 Å². The van der Waals surface area contributed by atoms with E-state index in [9.17, 15) is 5.11 Å². The van der Waals surface area contributed by atoms with Gasteiger partial charge in [0.25, 0.3) is 0 Å². The highest BCUT2D eigenvalue weighted by Crippen LogP contribution is 2.21. The Bertz CT molecular complexity index is 238. The van der Waals surface area contributed by atoms with Gasteiger partial charge < -0.3 is 19.0 Å². The summed E-state index contributed by atoms with van der Waals surface area (Å²) in [5.41, 5.74) is 0. The van der Waals surface area contributed by atoms with Gasteiger partial charge in [0, 0.05) is 6.42 Å². The second-order valence-corrected chi connectivity index (χ2v) is 2.94. The molecule has 1 atom stereocenters. The summed E-state index contributed by atoms with van der Waals surface area (Å²) >= 11 is 0. The summed E-state index contributed by atoms with van der Waals surface area (Å²) in [4.78, 5) is 0. The zero-order valence-electron chi connectivity index (χ0n) is 7.18. The van der Waals surface area contributed by atoms with Gasteiger partial charge in [-0.05, 0) is 12.1 Å². The number of hydrogen-bond donors (Lipinski definition) is 1. The Morgan fingerprint density at radius 3 is 2.85 bits per heavy atom. The van der Waals surface area contributed by atoms with E-state index in [1.54, 1.807) is 12.1 Å². The third-order valence-electron chi connectivity index (χ3n) is 1.98. The van der Waals surface area contributed by atoms with Crippen LogP contribution in [0.5, 0.6) is 0 Å². The van der Waals surface area contributed by atoms with E-state index in [-0.39, 0.29) is 6.29 Å². The smallest absolute Gasteiger partial charge is 0.160 e. The minimum absolute atomic E-state index is 0.292. The summed E-state index contributed by atoms with van der Waals surface area (Å²) in [6, 6.07) is 3.48. The van der Waals surface area contributed by atoms with Crippen molar-refractivity contribution >= 4 is 0 Å². The van der Waals surface area contributed by atoms with Gasteiger partial charge in [0.15, 0.2) is 6.29 Å². The van der Waals surface area contributed by atoms with Crippen molar-refractivity contribution < 1.29 is 19.0 Å². The minimum Gasteiger partial charge on any atom is -0.467 e. The molecule has 1 N–H and O–H groups in total. The van der Waals surface area contributed by atoms with Gasteiger partial charge >= 0.3 is 0 Å². The number of aliphatic hydroxyl groups is 1. The Balaban J connectivity index is 1.87. The Hall–Kier alpha value is -0.840. The van der Waals surface area contributed by atoms with Crippen LogP contribution in [0.3, 0.4) is 0 Å². The van der Waals surface area contributed by atoms with E-state index in [1.807, 2.05) is 0 Å². The lowest BCUT2D eigenvalue weighted by atomic mass is 10.2. The van der Waals surface area contributed by atoms with Crippen LogP contribution in [-0.2, 0) is 9.47 Å². The van der Waals surface area contributed by atoms with E-state index in [1.165, 1.54) is 6.26 Å². The number of hydrogen-bond acceptors (Lipinski definition) is 4. The molecule has 1 aromatic rings. The van der Waals surface area contributed by atoms with Crippen molar-refractivity contribution in [3.05, 3.63) is 24.2 Å². The van der Waals surface area contributed by atoms with Crippen molar-refractivity contribution in [2.75, 3.05) is 13.2 Å². The van der Waals surface area contributed by atoms with Gasteiger partial charge in [-0.15, -0.1) is 0 Å². The SMILES string of the molecule is OC(CC1OCCO1)c1ccco1. The maximum atomic E-state index is 9.62. The zero-order valence-corrected chi connectivity index (χ0v) is 7.18. The first-order valence-corrected chi connectivity index (χ1v) is 4.31. The first kappa shape index (κ1) is 8.74. The van der Waals surface area contributed by atoms with E-state index in [4.69, 9.17) is 13.9 Å². The van der Waals surface area contributed by atoms with Crippen LogP contribution < -0.4 is 0 Å². The Labute approximate surface area is 76.1 Å². The molecule has 2 heterocycles. The van der Waals surface area contributed by atoms with Gasteiger partial charge in [-0.25, -0.2) is 0 Å². The molecule has 1 aliphatic rings. The van der Waals surface area contributed by atoms with Crippen molar-refractivity contribution in [3.8, 4) is 0 Å². The van der Waals surface area contributed by atoms with Gasteiger partial charge in [-0.1, -0.05) is 0 Å². The summed E-state index contributed by atoms with van der Waals surface area (Å²) < 4.78 is 15.4. The van der Waals surface area contributed by atoms with Crippen molar-refractivity contribution in [3.63, 3.8) is 0 Å². The normalized spacial score (nSPS) is 20.7. The van der Waals surface area contributed by atoms with Crippen molar-refractivity contribution in [2.24, 2.45) is 0 Å². The molecule has 0 radical (unpaired) electrons. The highest BCUT2D eigenvalue weighted by Gasteiger charge is 2.22. The fourth-order valence-electron chi connectivity index (χ4n) is 1.32. The molecular weight excluding hydrogens is 172 g/mol. The molecule has 1 fully saturated rings. The van der Waals surface area contributed by atoms with Crippen LogP contribution in [0.1, 0.15) is 18.3 Å². The topological polar surface area (TPSA) is 51.8 Å². The molecule has 0 aliphatic carbocycles. The van der Waals surface area contributed by atoms with Gasteiger partial charge in [-0.3, -0.25) is 0 Å². The summed E-state index contributed by atoms with van der Waals surface area (Å²) in [6.07, 6.45) is 1.03. The molecule has 1 aromatic heterocycles. The largest absolute Gasteiger partial charge is 0.467 e. The molecule has 2 rings (SSSR count). The van der Waals surface area contributed by atoms with E-state index in [0.29, 0.717) is 25.4 Å². The molecular formula is C9H12O4. The lowest BCUT2D eigenvalue weighted by Gasteiger charge is -2.12. The van der Waals surface area contributed by atoms with Gasteiger partial charge in [-0.2, -0.15) is 0 Å². The molecule has 1 saturated heterocycles. The summed E-state index contributed by atoms with van der Waals surface area (Å²) in [5.74, 6) is 0.555. The maximum absolute atomic E-state index is 9.62. The van der Waals surface area contributed by atoms with Crippen LogP contribution in [0, 0.1) is 0 Å². The highest BCUT2D eigenvalue weighted by atomic mass is 16.7. The molecule has 72 valence electrons. The quantitative estimate of drug-likeness (QED) is 0.763. The van der Waals surface area contributed by atoms with E-state index >= 15 is 0 Å². The van der Waals surface area contributed by atoms with E-state index < -0.39 is 6.10 Å². The second kappa shape index (κ2) is 3.91. The summed E-state index contributed by atoms with van der Waals surface area (Å²) in [5, 5.41) is 9.62. The average molecular weight is 184 g/mol. The molecule has 0 amide bonds. The van der Waals surface area contributed by atoms with Gasteiger partial charge in [0.2, 0.25) is 0 Å². The molecule has 0 aromatic carbocycles. The van der Waals surface area contributed by atoms with Crippen molar-refractivity contribution in [1.29, 1.82) is 0 Å². The van der Waals surface area contributed by atoms with Gasteiger partial charge in [0.1, 0.15) is 11.9 Å². The van der Waals surface area contributed by atoms with Crippen LogP contribution in [0.4, 0.5) is 0 Å². The third kappa shape index (κ3) is 2.09. The summed E-state index contributed by atoms with van der Waals surface area (Å²) in [7, 11) is 0. The molecule has 4 heteroatoms. The summed E-state index contributed by atoms with van der Waals surface area (Å²) in [6.45, 7) is 1.21. The average Bonchev–Trinajstić information content (AvgIpc) is 2.74. The fourth-order valence-corrected chi connectivity index (χ4v) is 1.32. The Kier molecular flexibility index (Phi) is 2.63. The number of furan rings is 1. The number of ether oxygens (including phenoxy) is 2. The predicted molar refractivity (Wildman–Crippen MR) is 44.0 cm³/mol. The third-order valence-corrected chi connectivity index (χ3v) is 1.98. The van der Waals surface area contributed by atoms with Crippen LogP contribution in [0.15, 0.2) is 22.8 Å². The number of rotatable bonds is 3. The minimum atomic E-state index is -0.641. The Morgan fingerprint density at radius 1 is 1.46 bits per heavy atom. The van der Waals surface area contributed by atoms with Crippen molar-refractivity contribution in [1.82, 2.24) is 0 Å². The van der Waals surface area contributed by atoms with Gasteiger partial charge in [0.05, 0.1) is 19.5 Å². The van der Waals surface area contributed by atoms with Crippen LogP contribution in [-0.4, -0.2) is 24.6 Å². The Morgan fingerprint density at radius 2 is 2.23 bits per heavy atom. The molecule has 1 unspecified atom stereocenters. The number of aliphatic hydroxyl groups excluding tert-OH is 1. The van der Waals surface area contributed by atoms with Crippen molar-refractivity contribution in [2.45, 2.75) is 18.8 Å². The lowest BCUT2D eigenvalue weighted by molar-refractivity contribution is -0.0736.